The SMILES string of the molecule is CC(C)(C(N)=O)N1CCN(Cc2nc3nc(-c4c(F)ccc5[nH]ccc45)nc(N4CCOCC4)c3s2)CC1. The number of aromatic nitrogens is 4. The van der Waals surface area contributed by atoms with Crippen LogP contribution in [0.1, 0.15) is 18.9 Å². The highest BCUT2D eigenvalue weighted by Gasteiger charge is 2.35. The van der Waals surface area contributed by atoms with Crippen LogP contribution in [0.15, 0.2) is 24.4 Å². The molecule has 2 fully saturated rings. The largest absolute Gasteiger partial charge is 0.378 e. The van der Waals surface area contributed by atoms with E-state index in [0.717, 1.165) is 52.6 Å². The van der Waals surface area contributed by atoms with E-state index >= 15 is 4.39 Å². The minimum absolute atomic E-state index is 0.311. The van der Waals surface area contributed by atoms with Gasteiger partial charge in [0.25, 0.3) is 0 Å². The van der Waals surface area contributed by atoms with Crippen LogP contribution < -0.4 is 10.6 Å². The molecule has 38 heavy (non-hydrogen) atoms. The second kappa shape index (κ2) is 9.84. The van der Waals surface area contributed by atoms with Crippen molar-refractivity contribution < 1.29 is 13.9 Å². The van der Waals surface area contributed by atoms with Crippen molar-refractivity contribution in [2.75, 3.05) is 57.4 Å². The Kier molecular flexibility index (Phi) is 6.50. The maximum absolute atomic E-state index is 15.2. The molecule has 200 valence electrons. The normalized spacial score (nSPS) is 18.0. The summed E-state index contributed by atoms with van der Waals surface area (Å²) in [6.07, 6.45) is 1.79. The van der Waals surface area contributed by atoms with Crippen molar-refractivity contribution in [3.8, 4) is 11.4 Å². The number of amides is 1. The highest BCUT2D eigenvalue weighted by atomic mass is 32.1. The number of H-pyrrole nitrogens is 1. The first kappa shape index (κ1) is 25.1. The minimum Gasteiger partial charge on any atom is -0.378 e. The fraction of sp³-hybridized carbons (Fsp3) is 0.462. The van der Waals surface area contributed by atoms with Crippen molar-refractivity contribution in [3.63, 3.8) is 0 Å². The molecule has 10 nitrogen and oxygen atoms in total. The standard InChI is InChI=1S/C26H31FN8O2S/c1-26(2,25(28)36)35-9-7-33(8-10-35)15-19-30-23-21(38-19)24(34-11-13-37-14-12-34)32-22(31-23)20-16-5-6-29-18(16)4-3-17(20)27/h3-6,29H,7-15H2,1-2H3,(H2,28,36). The molecule has 2 aliphatic heterocycles. The van der Waals surface area contributed by atoms with Crippen molar-refractivity contribution in [2.24, 2.45) is 5.73 Å². The van der Waals surface area contributed by atoms with E-state index in [9.17, 15) is 4.79 Å². The summed E-state index contributed by atoms with van der Waals surface area (Å²) in [4.78, 5) is 36.2. The van der Waals surface area contributed by atoms with E-state index in [-0.39, 0.29) is 11.7 Å². The van der Waals surface area contributed by atoms with E-state index in [1.54, 1.807) is 23.6 Å². The fourth-order valence-corrected chi connectivity index (χ4v) is 6.23. The summed E-state index contributed by atoms with van der Waals surface area (Å²) in [6.45, 7) is 10.2. The lowest BCUT2D eigenvalue weighted by atomic mass is 10.0. The third kappa shape index (κ3) is 4.51. The number of carbonyl (C=O) groups is 1. The molecular weight excluding hydrogens is 507 g/mol. The van der Waals surface area contributed by atoms with Gasteiger partial charge >= 0.3 is 0 Å². The van der Waals surface area contributed by atoms with E-state index in [1.807, 2.05) is 19.9 Å². The van der Waals surface area contributed by atoms with E-state index in [2.05, 4.69) is 19.7 Å². The third-order valence-corrected chi connectivity index (χ3v) is 8.65. The zero-order valence-corrected chi connectivity index (χ0v) is 22.4. The second-order valence-corrected chi connectivity index (χ2v) is 11.4. The number of primary amides is 1. The van der Waals surface area contributed by atoms with Crippen LogP contribution in [0.25, 0.3) is 32.6 Å². The van der Waals surface area contributed by atoms with Gasteiger partial charge in [0.1, 0.15) is 15.5 Å². The zero-order valence-electron chi connectivity index (χ0n) is 21.5. The van der Waals surface area contributed by atoms with Crippen molar-refractivity contribution in [1.82, 2.24) is 29.7 Å². The highest BCUT2D eigenvalue weighted by molar-refractivity contribution is 7.19. The van der Waals surface area contributed by atoms with Crippen LogP contribution in [-0.2, 0) is 16.1 Å². The highest BCUT2D eigenvalue weighted by Crippen LogP contribution is 2.36. The molecule has 1 amide bonds. The molecule has 6 rings (SSSR count). The molecule has 0 bridgehead atoms. The van der Waals surface area contributed by atoms with Gasteiger partial charge in [0.2, 0.25) is 5.91 Å². The monoisotopic (exact) mass is 538 g/mol. The Balaban J connectivity index is 1.33. The summed E-state index contributed by atoms with van der Waals surface area (Å²) >= 11 is 1.59. The van der Waals surface area contributed by atoms with Crippen LogP contribution in [0.2, 0.25) is 0 Å². The van der Waals surface area contributed by atoms with Gasteiger partial charge in [0, 0.05) is 56.4 Å². The molecule has 4 aromatic rings. The summed E-state index contributed by atoms with van der Waals surface area (Å²) < 4.78 is 21.6. The molecular formula is C26H31FN8O2S. The third-order valence-electron chi connectivity index (χ3n) is 7.62. The van der Waals surface area contributed by atoms with E-state index < -0.39 is 5.54 Å². The Labute approximate surface area is 223 Å². The number of rotatable bonds is 6. The maximum atomic E-state index is 15.2. The van der Waals surface area contributed by atoms with Crippen LogP contribution in [0.5, 0.6) is 0 Å². The van der Waals surface area contributed by atoms with Gasteiger partial charge < -0.3 is 20.4 Å². The Morgan fingerprint density at radius 3 is 2.61 bits per heavy atom. The first-order valence-corrected chi connectivity index (χ1v) is 13.7. The van der Waals surface area contributed by atoms with Crippen LogP contribution in [0, 0.1) is 5.82 Å². The molecule has 5 heterocycles. The van der Waals surface area contributed by atoms with Gasteiger partial charge in [-0.05, 0) is 32.0 Å². The average molecular weight is 539 g/mol. The molecule has 3 aromatic heterocycles. The lowest BCUT2D eigenvalue weighted by molar-refractivity contribution is -0.129. The van der Waals surface area contributed by atoms with Crippen LogP contribution >= 0.6 is 11.3 Å². The number of fused-ring (bicyclic) bond motifs is 2. The molecule has 2 saturated heterocycles. The van der Waals surface area contributed by atoms with Crippen LogP contribution in [0.3, 0.4) is 0 Å². The smallest absolute Gasteiger partial charge is 0.237 e. The first-order valence-electron chi connectivity index (χ1n) is 12.8. The van der Waals surface area contributed by atoms with Gasteiger partial charge in [-0.3, -0.25) is 14.6 Å². The summed E-state index contributed by atoms with van der Waals surface area (Å²) in [5, 5.41) is 1.67. The Bertz CT molecular complexity index is 1490. The number of carbonyl (C=O) groups excluding carboxylic acids is 1. The van der Waals surface area contributed by atoms with Crippen molar-refractivity contribution >= 4 is 44.3 Å². The lowest BCUT2D eigenvalue weighted by Crippen LogP contribution is -2.59. The van der Waals surface area contributed by atoms with Gasteiger partial charge in [-0.15, -0.1) is 11.3 Å². The van der Waals surface area contributed by atoms with Crippen LogP contribution in [-0.4, -0.2) is 93.7 Å². The molecule has 0 spiro atoms. The number of halogens is 1. The molecule has 1 aromatic carbocycles. The molecule has 12 heteroatoms. The van der Waals surface area contributed by atoms with Crippen LogP contribution in [0.4, 0.5) is 10.2 Å². The number of anilines is 1. The number of aromatic amines is 1. The Hall–Kier alpha value is -3.19. The van der Waals surface area contributed by atoms with E-state index in [0.29, 0.717) is 49.9 Å². The first-order chi connectivity index (χ1) is 18.3. The number of ether oxygens (including phenoxy) is 1. The number of nitrogens with two attached hydrogens (primary N) is 1. The van der Waals surface area contributed by atoms with Crippen molar-refractivity contribution in [2.45, 2.75) is 25.9 Å². The number of nitrogens with zero attached hydrogens (tertiary/aromatic N) is 6. The Morgan fingerprint density at radius 1 is 1.11 bits per heavy atom. The molecule has 0 radical (unpaired) electrons. The fourth-order valence-electron chi connectivity index (χ4n) is 5.17. The average Bonchev–Trinajstić information content (AvgIpc) is 3.55. The maximum Gasteiger partial charge on any atom is 0.237 e. The number of morpholine rings is 1. The summed E-state index contributed by atoms with van der Waals surface area (Å²) in [7, 11) is 0. The summed E-state index contributed by atoms with van der Waals surface area (Å²) in [6, 6.07) is 5.02. The molecule has 0 aliphatic carbocycles. The quantitative estimate of drug-likeness (QED) is 0.385. The van der Waals surface area contributed by atoms with E-state index in [1.165, 1.54) is 6.07 Å². The van der Waals surface area contributed by atoms with Crippen molar-refractivity contribution in [1.29, 1.82) is 0 Å². The Morgan fingerprint density at radius 2 is 1.87 bits per heavy atom. The topological polar surface area (TPSA) is 117 Å². The summed E-state index contributed by atoms with van der Waals surface area (Å²) in [5.74, 6) is 0.434. The predicted octanol–water partition coefficient (Wildman–Crippen LogP) is 2.59. The molecule has 0 unspecified atom stereocenters. The van der Waals surface area contributed by atoms with Gasteiger partial charge in [0.05, 0.1) is 30.9 Å². The predicted molar refractivity (Wildman–Crippen MR) is 146 cm³/mol. The van der Waals surface area contributed by atoms with Gasteiger partial charge in [-0.25, -0.2) is 19.3 Å². The lowest BCUT2D eigenvalue weighted by Gasteiger charge is -2.42. The van der Waals surface area contributed by atoms with E-state index in [4.69, 9.17) is 25.4 Å². The number of thiazole rings is 1. The van der Waals surface area contributed by atoms with Gasteiger partial charge in [0.15, 0.2) is 17.3 Å². The number of hydrogen-bond donors (Lipinski definition) is 2. The summed E-state index contributed by atoms with van der Waals surface area (Å²) in [5.41, 5.74) is 6.73. The van der Waals surface area contributed by atoms with Gasteiger partial charge in [-0.1, -0.05) is 0 Å². The molecule has 3 N–H and O–H groups in total. The van der Waals surface area contributed by atoms with Gasteiger partial charge in [-0.2, -0.15) is 0 Å². The number of benzene rings is 1. The minimum atomic E-state index is -0.668. The zero-order chi connectivity index (χ0) is 26.4. The second-order valence-electron chi connectivity index (χ2n) is 10.3. The molecule has 0 saturated carbocycles. The molecule has 0 atom stereocenters. The molecule has 2 aliphatic rings. The number of hydrogen-bond acceptors (Lipinski definition) is 9. The van der Waals surface area contributed by atoms with Crippen molar-refractivity contribution in [3.05, 3.63) is 35.2 Å². The number of nitrogens with one attached hydrogen (secondary N) is 1. The number of piperazine rings is 1.